The normalized spacial score (nSPS) is 33.4. The molecular weight excluding hydrogens is 202 g/mol. The molecule has 1 saturated carbocycles. The first-order valence-electron chi connectivity index (χ1n) is 4.97. The fraction of sp³-hybridized carbons (Fsp3) is 0.700. The Labute approximate surface area is 88.5 Å². The Kier molecular flexibility index (Phi) is 2.96. The number of carbonyl (C=O) groups excluding carboxylic acids is 1. The lowest BCUT2D eigenvalue weighted by Gasteiger charge is -2.19. The zero-order valence-corrected chi connectivity index (χ0v) is 8.67. The summed E-state index contributed by atoms with van der Waals surface area (Å²) in [6.07, 6.45) is 6.34. The maximum atomic E-state index is 11.2. The Hall–Kier alpha value is -0.700. The van der Waals surface area contributed by atoms with E-state index >= 15 is 0 Å². The summed E-state index contributed by atoms with van der Waals surface area (Å²) in [7, 11) is 0. The smallest absolute Gasteiger partial charge is 0.407 e. The van der Waals surface area contributed by atoms with E-state index in [9.17, 15) is 4.79 Å². The second-order valence-electron chi connectivity index (χ2n) is 3.86. The molecule has 14 heavy (non-hydrogen) atoms. The van der Waals surface area contributed by atoms with E-state index in [0.29, 0.717) is 17.7 Å². The molecule has 2 aliphatic carbocycles. The quantitative estimate of drug-likeness (QED) is 0.577. The van der Waals surface area contributed by atoms with Crippen LogP contribution in [0, 0.1) is 11.8 Å². The molecule has 1 N–H and O–H groups in total. The Balaban J connectivity index is 1.76. The first kappa shape index (κ1) is 9.84. The Morgan fingerprint density at radius 2 is 2.36 bits per heavy atom. The molecule has 2 bridgehead atoms. The standard InChI is InChI=1S/C10H14ClNO2/c11-3-4-14-10(13)12-9-6-7-1-2-8(9)5-7/h1-2,7-9H,3-6H2,(H,12,13). The summed E-state index contributed by atoms with van der Waals surface area (Å²) in [4.78, 5) is 11.2. The predicted molar refractivity (Wildman–Crippen MR) is 54.3 cm³/mol. The van der Waals surface area contributed by atoms with Crippen molar-refractivity contribution in [1.29, 1.82) is 0 Å². The van der Waals surface area contributed by atoms with E-state index in [1.165, 1.54) is 6.42 Å². The highest BCUT2D eigenvalue weighted by Crippen LogP contribution is 2.38. The van der Waals surface area contributed by atoms with Crippen LogP contribution >= 0.6 is 11.6 Å². The van der Waals surface area contributed by atoms with E-state index in [-0.39, 0.29) is 18.7 Å². The lowest BCUT2D eigenvalue weighted by Crippen LogP contribution is -2.38. The van der Waals surface area contributed by atoms with Gasteiger partial charge in [0.2, 0.25) is 0 Å². The van der Waals surface area contributed by atoms with Crippen molar-refractivity contribution in [3.8, 4) is 0 Å². The molecule has 78 valence electrons. The monoisotopic (exact) mass is 215 g/mol. The van der Waals surface area contributed by atoms with Gasteiger partial charge in [-0.05, 0) is 24.7 Å². The molecule has 1 amide bonds. The molecule has 0 saturated heterocycles. The predicted octanol–water partition coefficient (Wildman–Crippen LogP) is 1.92. The molecule has 2 rings (SSSR count). The molecule has 4 heteroatoms. The molecule has 0 spiro atoms. The van der Waals surface area contributed by atoms with Crippen LogP contribution in [-0.4, -0.2) is 24.6 Å². The zero-order chi connectivity index (χ0) is 9.97. The third-order valence-corrected chi connectivity index (χ3v) is 3.05. The molecule has 0 radical (unpaired) electrons. The number of carbonyl (C=O) groups is 1. The van der Waals surface area contributed by atoms with Crippen molar-refractivity contribution in [2.75, 3.05) is 12.5 Å². The molecule has 0 aromatic carbocycles. The van der Waals surface area contributed by atoms with Crippen molar-refractivity contribution in [3.63, 3.8) is 0 Å². The Bertz CT molecular complexity index is 255. The molecule has 0 aromatic heterocycles. The van der Waals surface area contributed by atoms with Gasteiger partial charge in [-0.15, -0.1) is 11.6 Å². The van der Waals surface area contributed by atoms with E-state index in [0.717, 1.165) is 6.42 Å². The third kappa shape index (κ3) is 2.03. The highest BCUT2D eigenvalue weighted by molar-refractivity contribution is 6.18. The van der Waals surface area contributed by atoms with E-state index in [1.54, 1.807) is 0 Å². The summed E-state index contributed by atoms with van der Waals surface area (Å²) in [5, 5.41) is 2.87. The van der Waals surface area contributed by atoms with Crippen molar-refractivity contribution < 1.29 is 9.53 Å². The number of rotatable bonds is 3. The van der Waals surface area contributed by atoms with Crippen LogP contribution in [0.1, 0.15) is 12.8 Å². The number of hydrogen-bond donors (Lipinski definition) is 1. The van der Waals surface area contributed by atoms with Crippen molar-refractivity contribution in [1.82, 2.24) is 5.32 Å². The van der Waals surface area contributed by atoms with Gasteiger partial charge in [-0.1, -0.05) is 12.2 Å². The summed E-state index contributed by atoms with van der Waals surface area (Å²) >= 11 is 5.41. The van der Waals surface area contributed by atoms with Gasteiger partial charge in [0, 0.05) is 6.04 Å². The minimum absolute atomic E-state index is 0.271. The largest absolute Gasteiger partial charge is 0.448 e. The molecule has 2 aliphatic rings. The van der Waals surface area contributed by atoms with Crippen molar-refractivity contribution >= 4 is 17.7 Å². The third-order valence-electron chi connectivity index (χ3n) is 2.89. The van der Waals surface area contributed by atoms with E-state index in [2.05, 4.69) is 17.5 Å². The summed E-state index contributed by atoms with van der Waals surface area (Å²) < 4.78 is 4.85. The minimum Gasteiger partial charge on any atom is -0.448 e. The maximum absolute atomic E-state index is 11.2. The fourth-order valence-corrected chi connectivity index (χ4v) is 2.35. The number of fused-ring (bicyclic) bond motifs is 2. The number of nitrogens with one attached hydrogen (secondary N) is 1. The summed E-state index contributed by atoms with van der Waals surface area (Å²) in [6.45, 7) is 0.282. The first-order chi connectivity index (χ1) is 6.79. The highest BCUT2D eigenvalue weighted by Gasteiger charge is 2.36. The second-order valence-corrected chi connectivity index (χ2v) is 4.23. The van der Waals surface area contributed by atoms with Crippen LogP contribution in [0.3, 0.4) is 0 Å². The molecule has 0 aromatic rings. The molecule has 3 nitrogen and oxygen atoms in total. The summed E-state index contributed by atoms with van der Waals surface area (Å²) in [5.74, 6) is 1.53. The molecule has 0 aliphatic heterocycles. The molecule has 3 atom stereocenters. The van der Waals surface area contributed by atoms with Gasteiger partial charge in [-0.3, -0.25) is 0 Å². The van der Waals surface area contributed by atoms with Crippen LogP contribution in [0.4, 0.5) is 4.79 Å². The van der Waals surface area contributed by atoms with Gasteiger partial charge >= 0.3 is 6.09 Å². The first-order valence-corrected chi connectivity index (χ1v) is 5.50. The number of hydrogen-bond acceptors (Lipinski definition) is 2. The van der Waals surface area contributed by atoms with Crippen LogP contribution < -0.4 is 5.32 Å². The van der Waals surface area contributed by atoms with Crippen LogP contribution in [-0.2, 0) is 4.74 Å². The van der Waals surface area contributed by atoms with Crippen molar-refractivity contribution in [2.45, 2.75) is 18.9 Å². The van der Waals surface area contributed by atoms with Crippen LogP contribution in [0.2, 0.25) is 0 Å². The topological polar surface area (TPSA) is 38.3 Å². The van der Waals surface area contributed by atoms with Gasteiger partial charge in [0.05, 0.1) is 5.88 Å². The zero-order valence-electron chi connectivity index (χ0n) is 7.91. The fourth-order valence-electron chi connectivity index (χ4n) is 2.27. The van der Waals surface area contributed by atoms with Crippen LogP contribution in [0.15, 0.2) is 12.2 Å². The SMILES string of the molecule is O=C(NC1CC2C=CC1C2)OCCCl. The maximum Gasteiger partial charge on any atom is 0.407 e. The van der Waals surface area contributed by atoms with Crippen LogP contribution in [0.5, 0.6) is 0 Å². The van der Waals surface area contributed by atoms with E-state index < -0.39 is 0 Å². The second kappa shape index (κ2) is 4.22. The van der Waals surface area contributed by atoms with Gasteiger partial charge < -0.3 is 10.1 Å². The average Bonchev–Trinajstić information content (AvgIpc) is 2.76. The lowest BCUT2D eigenvalue weighted by molar-refractivity contribution is 0.147. The number of alkyl halides is 1. The van der Waals surface area contributed by atoms with Gasteiger partial charge in [-0.2, -0.15) is 0 Å². The van der Waals surface area contributed by atoms with Gasteiger partial charge in [0.15, 0.2) is 0 Å². The molecule has 1 fully saturated rings. The van der Waals surface area contributed by atoms with Gasteiger partial charge in [0.1, 0.15) is 6.61 Å². The highest BCUT2D eigenvalue weighted by atomic mass is 35.5. The molecule has 3 unspecified atom stereocenters. The summed E-state index contributed by atoms with van der Waals surface area (Å²) in [5.41, 5.74) is 0. The van der Waals surface area contributed by atoms with Crippen molar-refractivity contribution in [2.24, 2.45) is 11.8 Å². The number of halogens is 1. The van der Waals surface area contributed by atoms with Gasteiger partial charge in [-0.25, -0.2) is 4.79 Å². The lowest BCUT2D eigenvalue weighted by atomic mass is 10.0. The van der Waals surface area contributed by atoms with Crippen LogP contribution in [0.25, 0.3) is 0 Å². The Morgan fingerprint density at radius 3 is 2.93 bits per heavy atom. The number of alkyl carbamates (subject to hydrolysis) is 1. The average molecular weight is 216 g/mol. The van der Waals surface area contributed by atoms with E-state index in [1.807, 2.05) is 0 Å². The number of allylic oxidation sites excluding steroid dienone is 1. The molecule has 0 heterocycles. The number of amides is 1. The van der Waals surface area contributed by atoms with E-state index in [4.69, 9.17) is 16.3 Å². The van der Waals surface area contributed by atoms with Gasteiger partial charge in [0.25, 0.3) is 0 Å². The minimum atomic E-state index is -0.336. The number of ether oxygens (including phenoxy) is 1. The van der Waals surface area contributed by atoms with Crippen molar-refractivity contribution in [3.05, 3.63) is 12.2 Å². The Morgan fingerprint density at radius 1 is 1.50 bits per heavy atom. The summed E-state index contributed by atoms with van der Waals surface area (Å²) in [6, 6.07) is 0.271. The molecular formula is C10H14ClNO2.